The molecule has 195 valence electrons. The first-order valence-corrected chi connectivity index (χ1v) is 19.3. The third-order valence-corrected chi connectivity index (χ3v) is 5.54. The molecule has 0 spiro atoms. The van der Waals surface area contributed by atoms with Crippen LogP contribution in [0, 0.1) is 64.2 Å². The molecule has 1 aliphatic rings. The molecule has 0 aliphatic heterocycles. The molecule has 0 fully saturated rings. The number of hydrogen-bond acceptors (Lipinski definition) is 0. The van der Waals surface area contributed by atoms with E-state index >= 15 is 0 Å². The molecule has 37 heavy (non-hydrogen) atoms. The Morgan fingerprint density at radius 2 is 0.946 bits per heavy atom. The topological polar surface area (TPSA) is 0 Å². The van der Waals surface area contributed by atoms with Crippen molar-refractivity contribution in [1.82, 2.24) is 0 Å². The van der Waals surface area contributed by atoms with E-state index in [1.54, 1.807) is 0 Å². The third-order valence-electron chi connectivity index (χ3n) is 5.54. The van der Waals surface area contributed by atoms with Gasteiger partial charge in [0.05, 0.1) is 0 Å². The van der Waals surface area contributed by atoms with Crippen LogP contribution in [0.4, 0.5) is 43.9 Å². The van der Waals surface area contributed by atoms with Crippen LogP contribution < -0.4 is 10.9 Å². The average molecular weight is 671 g/mol. The Hall–Kier alpha value is -1.48. The van der Waals surface area contributed by atoms with Crippen LogP contribution in [0.1, 0.15) is 23.9 Å². The Balaban J connectivity index is 0.000000886. The van der Waals surface area contributed by atoms with Crippen LogP contribution in [-0.2, 0) is 18.2 Å². The molecule has 0 amide bonds. The Bertz CT molecular complexity index is 1290. The fourth-order valence-corrected chi connectivity index (χ4v) is 4.10. The second kappa shape index (κ2) is 11.7. The van der Waals surface area contributed by atoms with Gasteiger partial charge in [-0.25, -0.2) is 43.9 Å². The third kappa shape index (κ3) is 5.49. The molecule has 4 rings (SSSR count). The minimum atomic E-state index is -2.55. The van der Waals surface area contributed by atoms with Gasteiger partial charge in [-0.3, -0.25) is 0 Å². The fourth-order valence-electron chi connectivity index (χ4n) is 4.10. The SMILES string of the molecule is CC1=[C-]c2ccccc2C1B(c1c(F)c(F)c(F)c(F)c1F)c1c(F)c(F)c(F)c(F)c1F.[Cl][Zr]([Cl])[Cl]. The zero-order valence-electron chi connectivity index (χ0n) is 17.9. The Morgan fingerprint density at radius 3 is 1.32 bits per heavy atom. The predicted molar refractivity (Wildman–Crippen MR) is 116 cm³/mol. The normalized spacial score (nSPS) is 14.1. The molecule has 1 atom stereocenters. The second-order valence-corrected chi connectivity index (χ2v) is 18.7. The van der Waals surface area contributed by atoms with Crippen molar-refractivity contribution < 1.29 is 62.1 Å². The molecule has 1 unspecified atom stereocenters. The number of rotatable bonds is 3. The number of allylic oxidation sites excluding steroid dienone is 1. The number of halogens is 13. The average Bonchev–Trinajstić information content (AvgIpc) is 3.18. The van der Waals surface area contributed by atoms with Gasteiger partial charge in [0.15, 0.2) is 58.2 Å². The van der Waals surface area contributed by atoms with Gasteiger partial charge in [-0.05, 0) is 0 Å². The van der Waals surface area contributed by atoms with Gasteiger partial charge in [0, 0.05) is 10.9 Å². The summed E-state index contributed by atoms with van der Waals surface area (Å²) >= 11 is -2.13. The summed E-state index contributed by atoms with van der Waals surface area (Å²) in [6, 6.07) is 5.66. The molecular weight excluding hydrogens is 663 g/mol. The zero-order valence-corrected chi connectivity index (χ0v) is 22.6. The van der Waals surface area contributed by atoms with Crippen LogP contribution in [0.2, 0.25) is 0 Å². The van der Waals surface area contributed by atoms with Crippen molar-refractivity contribution in [2.24, 2.45) is 0 Å². The van der Waals surface area contributed by atoms with E-state index in [2.05, 4.69) is 6.08 Å². The van der Waals surface area contributed by atoms with Crippen LogP contribution in [-0.4, -0.2) is 6.71 Å². The summed E-state index contributed by atoms with van der Waals surface area (Å²) in [7, 11) is 15.0. The Labute approximate surface area is 222 Å². The maximum atomic E-state index is 14.8. The molecule has 15 heteroatoms. The van der Waals surface area contributed by atoms with E-state index in [1.807, 2.05) is 0 Å². The first-order valence-electron chi connectivity index (χ1n) is 9.77. The van der Waals surface area contributed by atoms with E-state index < -0.39 is 99.8 Å². The van der Waals surface area contributed by atoms with Crippen molar-refractivity contribution in [1.29, 1.82) is 0 Å². The van der Waals surface area contributed by atoms with Crippen molar-refractivity contribution in [3.05, 3.63) is 105 Å². The van der Waals surface area contributed by atoms with E-state index in [1.165, 1.54) is 31.2 Å². The second-order valence-electron chi connectivity index (χ2n) is 7.53. The van der Waals surface area contributed by atoms with Gasteiger partial charge >= 0.3 is 43.7 Å². The molecular formula is C22H8BCl3F10Zr-. The van der Waals surface area contributed by atoms with E-state index in [-0.39, 0.29) is 16.7 Å². The van der Waals surface area contributed by atoms with Crippen molar-refractivity contribution in [2.75, 3.05) is 0 Å². The number of hydrogen-bond donors (Lipinski definition) is 0. The summed E-state index contributed by atoms with van der Waals surface area (Å²) < 4.78 is 142. The maximum absolute atomic E-state index is 14.8. The molecule has 0 nitrogen and oxygen atoms in total. The quantitative estimate of drug-likeness (QED) is 0.0911. The van der Waals surface area contributed by atoms with Crippen molar-refractivity contribution in [3.63, 3.8) is 0 Å². The molecule has 0 bridgehead atoms. The summed E-state index contributed by atoms with van der Waals surface area (Å²) in [5, 5.41) is 0. The first kappa shape index (κ1) is 30.1. The molecule has 0 aromatic heterocycles. The number of benzene rings is 3. The van der Waals surface area contributed by atoms with E-state index in [4.69, 9.17) is 25.5 Å². The van der Waals surface area contributed by atoms with Crippen LogP contribution >= 0.6 is 25.5 Å². The standard InChI is InChI=1S/C22H8BF10.3ClH.Zr/c1-7-6-8-4-2-3-5-9(8)10(7)23(11-13(24)17(28)21(32)18(29)14(11)25)12-15(26)19(30)22(33)20(31)16(12)27;;;;/h2-5,10H,1H3;3*1H;/q-1;;;;+3/p-3. The molecule has 0 radical (unpaired) electrons. The molecule has 0 heterocycles. The van der Waals surface area contributed by atoms with Gasteiger partial charge in [-0.1, -0.05) is 18.8 Å². The van der Waals surface area contributed by atoms with Gasteiger partial charge in [-0.15, -0.1) is 23.3 Å². The predicted octanol–water partition coefficient (Wildman–Crippen LogP) is 7.19. The Kier molecular flexibility index (Phi) is 9.52. The van der Waals surface area contributed by atoms with Crippen molar-refractivity contribution in [3.8, 4) is 0 Å². The first-order chi connectivity index (χ1) is 17.2. The minimum absolute atomic E-state index is 0.00841. The van der Waals surface area contributed by atoms with E-state index in [9.17, 15) is 43.9 Å². The Morgan fingerprint density at radius 1 is 0.622 bits per heavy atom. The fraction of sp³-hybridized carbons (Fsp3) is 0.0909. The number of fused-ring (bicyclic) bond motifs is 1. The van der Waals surface area contributed by atoms with Crippen LogP contribution in [0.15, 0.2) is 29.8 Å². The summed E-state index contributed by atoms with van der Waals surface area (Å²) in [4.78, 5) is 0. The van der Waals surface area contributed by atoms with E-state index in [0.29, 0.717) is 0 Å². The zero-order chi connectivity index (χ0) is 27.9. The summed E-state index contributed by atoms with van der Waals surface area (Å²) in [5.74, 6) is -26.2. The molecule has 0 saturated carbocycles. The molecule has 0 saturated heterocycles. The van der Waals surface area contributed by atoms with Gasteiger partial charge in [0.1, 0.15) is 0 Å². The van der Waals surface area contributed by atoms with Gasteiger partial charge in [0.25, 0.3) is 0 Å². The van der Waals surface area contributed by atoms with Gasteiger partial charge in [-0.2, -0.15) is 17.7 Å². The monoisotopic (exact) mass is 668 g/mol. The van der Waals surface area contributed by atoms with Crippen LogP contribution in [0.5, 0.6) is 0 Å². The van der Waals surface area contributed by atoms with Gasteiger partial charge < -0.3 is 0 Å². The van der Waals surface area contributed by atoms with Crippen molar-refractivity contribution in [2.45, 2.75) is 12.7 Å². The van der Waals surface area contributed by atoms with E-state index in [0.717, 1.165) is 0 Å². The molecule has 3 aromatic rings. The van der Waals surface area contributed by atoms with Crippen LogP contribution in [0.3, 0.4) is 0 Å². The summed E-state index contributed by atoms with van der Waals surface area (Å²) in [6.07, 6.45) is 2.73. The molecule has 3 aromatic carbocycles. The molecule has 1 aliphatic carbocycles. The van der Waals surface area contributed by atoms with Crippen LogP contribution in [0.25, 0.3) is 0 Å². The van der Waals surface area contributed by atoms with Gasteiger partial charge in [0.2, 0.25) is 6.71 Å². The van der Waals surface area contributed by atoms with Crippen molar-refractivity contribution >= 4 is 43.2 Å². The summed E-state index contributed by atoms with van der Waals surface area (Å²) in [6.45, 7) is -1.24. The summed E-state index contributed by atoms with van der Waals surface area (Å²) in [5.41, 5.74) is -3.14. The molecule has 0 N–H and O–H groups in total.